The molecule has 3 aromatic rings. The van der Waals surface area contributed by atoms with Crippen molar-refractivity contribution in [1.29, 1.82) is 0 Å². The molecule has 0 amide bonds. The predicted octanol–water partition coefficient (Wildman–Crippen LogP) is 2.75. The van der Waals surface area contributed by atoms with E-state index < -0.39 is 0 Å². The van der Waals surface area contributed by atoms with E-state index in [9.17, 15) is 5.11 Å². The van der Waals surface area contributed by atoms with Crippen molar-refractivity contribution in [3.63, 3.8) is 0 Å². The molecule has 0 aliphatic heterocycles. The van der Waals surface area contributed by atoms with Gasteiger partial charge in [-0.2, -0.15) is 0 Å². The van der Waals surface area contributed by atoms with E-state index in [0.29, 0.717) is 11.0 Å². The van der Waals surface area contributed by atoms with Crippen molar-refractivity contribution in [2.45, 2.75) is 6.61 Å². The third-order valence-corrected chi connectivity index (χ3v) is 3.98. The van der Waals surface area contributed by atoms with Gasteiger partial charge in [0.1, 0.15) is 0 Å². The van der Waals surface area contributed by atoms with E-state index in [2.05, 4.69) is 26.8 Å². The molecule has 108 valence electrons. The van der Waals surface area contributed by atoms with Gasteiger partial charge in [-0.3, -0.25) is 0 Å². The fourth-order valence-electron chi connectivity index (χ4n) is 2.17. The summed E-state index contributed by atoms with van der Waals surface area (Å²) >= 11 is 8.66. The molecule has 0 saturated heterocycles. The Hall–Kier alpha value is -1.67. The third kappa shape index (κ3) is 3.38. The Kier molecular flexibility index (Phi) is 4.58. The second-order valence-electron chi connectivity index (χ2n) is 4.81. The van der Waals surface area contributed by atoms with Crippen molar-refractivity contribution in [3.05, 3.63) is 65.3 Å². The zero-order valence-corrected chi connectivity index (χ0v) is 14.2. The standard InChI is InChI=1S/C17H12AsClN2O/c18-14-6-2-5-13(8-14)17-20-15(9-16(19)21-17)12-4-1-3-11(7-12)10-22/h1-9,22H,10H2. The summed E-state index contributed by atoms with van der Waals surface area (Å²) in [5, 5.41) is 9.66. The SMILES string of the molecule is OCc1cccc(-c2cc(Cl)nc(-c3cccc([As])c3)n2)c1. The Labute approximate surface area is 142 Å². The minimum absolute atomic E-state index is 0.00465. The van der Waals surface area contributed by atoms with Gasteiger partial charge >= 0.3 is 142 Å². The summed E-state index contributed by atoms with van der Waals surface area (Å²) in [6, 6.07) is 17.2. The fraction of sp³-hybridized carbons (Fsp3) is 0.0588. The molecule has 0 spiro atoms. The van der Waals surface area contributed by atoms with E-state index in [-0.39, 0.29) is 6.61 Å². The summed E-state index contributed by atoms with van der Waals surface area (Å²) in [7, 11) is 0. The molecule has 0 atom stereocenters. The second kappa shape index (κ2) is 6.62. The summed E-state index contributed by atoms with van der Waals surface area (Å²) in [5.74, 6) is 0.588. The average Bonchev–Trinajstić information content (AvgIpc) is 2.54. The zero-order valence-electron chi connectivity index (χ0n) is 11.6. The Morgan fingerprint density at radius 3 is 2.50 bits per heavy atom. The van der Waals surface area contributed by atoms with E-state index in [4.69, 9.17) is 11.6 Å². The summed E-state index contributed by atoms with van der Waals surface area (Å²) in [6.45, 7) is -0.00465. The van der Waals surface area contributed by atoms with E-state index >= 15 is 0 Å². The number of hydrogen-bond acceptors (Lipinski definition) is 3. The number of nitrogens with zero attached hydrogens (tertiary/aromatic N) is 2. The monoisotopic (exact) mass is 370 g/mol. The van der Waals surface area contributed by atoms with Crippen LogP contribution in [0.2, 0.25) is 5.15 Å². The Balaban J connectivity index is 2.10. The van der Waals surface area contributed by atoms with Crippen LogP contribution in [0.25, 0.3) is 22.6 Å². The summed E-state index contributed by atoms with van der Waals surface area (Å²) < 4.78 is 1.08. The quantitative estimate of drug-likeness (QED) is 0.569. The van der Waals surface area contributed by atoms with Gasteiger partial charge < -0.3 is 0 Å². The van der Waals surface area contributed by atoms with Gasteiger partial charge in [0.15, 0.2) is 0 Å². The summed E-state index contributed by atoms with van der Waals surface area (Å²) in [5.41, 5.74) is 3.39. The molecule has 22 heavy (non-hydrogen) atoms. The van der Waals surface area contributed by atoms with Crippen LogP contribution >= 0.6 is 11.6 Å². The second-order valence-corrected chi connectivity index (χ2v) is 6.28. The minimum atomic E-state index is -0.00465. The molecule has 1 aromatic heterocycles. The van der Waals surface area contributed by atoms with E-state index in [1.807, 2.05) is 48.5 Å². The first kappa shape index (κ1) is 15.2. The van der Waals surface area contributed by atoms with Crippen LogP contribution in [0.3, 0.4) is 0 Å². The molecule has 1 heterocycles. The van der Waals surface area contributed by atoms with Crippen LogP contribution < -0.4 is 4.35 Å². The normalized spacial score (nSPS) is 10.7. The van der Waals surface area contributed by atoms with Gasteiger partial charge in [0.05, 0.1) is 0 Å². The molecule has 5 heteroatoms. The molecule has 3 rings (SSSR count). The van der Waals surface area contributed by atoms with Crippen molar-refractivity contribution in [2.24, 2.45) is 0 Å². The van der Waals surface area contributed by atoms with Crippen LogP contribution in [0.4, 0.5) is 0 Å². The van der Waals surface area contributed by atoms with Gasteiger partial charge in [-0.25, -0.2) is 0 Å². The van der Waals surface area contributed by atoms with Crippen molar-refractivity contribution < 1.29 is 5.11 Å². The van der Waals surface area contributed by atoms with Gasteiger partial charge in [-0.05, 0) is 0 Å². The molecular formula is C17H12AsClN2O. The van der Waals surface area contributed by atoms with Crippen LogP contribution in [0.5, 0.6) is 0 Å². The van der Waals surface area contributed by atoms with E-state index in [1.165, 1.54) is 0 Å². The van der Waals surface area contributed by atoms with Gasteiger partial charge in [-0.15, -0.1) is 0 Å². The number of aliphatic hydroxyl groups excluding tert-OH is 1. The third-order valence-electron chi connectivity index (χ3n) is 3.20. The average molecular weight is 371 g/mol. The molecule has 0 saturated carbocycles. The number of hydrogen-bond donors (Lipinski definition) is 1. The van der Waals surface area contributed by atoms with Gasteiger partial charge in [0.2, 0.25) is 0 Å². The number of halogens is 1. The zero-order chi connectivity index (χ0) is 15.5. The van der Waals surface area contributed by atoms with E-state index in [0.717, 1.165) is 26.7 Å². The summed E-state index contributed by atoms with van der Waals surface area (Å²) in [6.07, 6.45) is 0. The fourth-order valence-corrected chi connectivity index (χ4v) is 2.82. The molecule has 0 unspecified atom stereocenters. The first-order chi connectivity index (χ1) is 10.7. The van der Waals surface area contributed by atoms with Gasteiger partial charge in [-0.1, -0.05) is 0 Å². The first-order valence-corrected chi connectivity index (χ1v) is 8.01. The topological polar surface area (TPSA) is 46.0 Å². The number of aromatic nitrogens is 2. The van der Waals surface area contributed by atoms with Crippen LogP contribution in [0.1, 0.15) is 5.56 Å². The van der Waals surface area contributed by atoms with Gasteiger partial charge in [0.25, 0.3) is 0 Å². The Morgan fingerprint density at radius 1 is 0.955 bits per heavy atom. The van der Waals surface area contributed by atoms with Crippen molar-refractivity contribution in [2.75, 3.05) is 0 Å². The molecule has 1 N–H and O–H groups in total. The predicted molar refractivity (Wildman–Crippen MR) is 89.2 cm³/mol. The molecule has 3 nitrogen and oxygen atoms in total. The maximum atomic E-state index is 9.27. The van der Waals surface area contributed by atoms with Crippen molar-refractivity contribution in [1.82, 2.24) is 9.97 Å². The molecule has 2 aromatic carbocycles. The number of rotatable bonds is 3. The van der Waals surface area contributed by atoms with E-state index in [1.54, 1.807) is 6.07 Å². The number of benzene rings is 2. The molecule has 0 bridgehead atoms. The Morgan fingerprint density at radius 2 is 1.73 bits per heavy atom. The van der Waals surface area contributed by atoms with Gasteiger partial charge in [0, 0.05) is 0 Å². The molecule has 0 aliphatic carbocycles. The maximum absolute atomic E-state index is 9.27. The molecule has 2 radical (unpaired) electrons. The first-order valence-electron chi connectivity index (χ1n) is 6.70. The van der Waals surface area contributed by atoms with Crippen LogP contribution in [0.15, 0.2) is 54.6 Å². The molecule has 0 fully saturated rings. The molecular weight excluding hydrogens is 359 g/mol. The summed E-state index contributed by atoms with van der Waals surface area (Å²) in [4.78, 5) is 8.92. The van der Waals surface area contributed by atoms with Crippen LogP contribution in [0, 0.1) is 0 Å². The molecule has 0 aliphatic rings. The van der Waals surface area contributed by atoms with Crippen molar-refractivity contribution in [3.8, 4) is 22.6 Å². The Bertz CT molecular complexity index is 823. The number of aliphatic hydroxyl groups is 1. The van der Waals surface area contributed by atoms with Crippen molar-refractivity contribution >= 4 is 32.8 Å². The van der Waals surface area contributed by atoms with Crippen LogP contribution in [-0.2, 0) is 6.61 Å². The van der Waals surface area contributed by atoms with Crippen LogP contribution in [-0.4, -0.2) is 31.9 Å².